The van der Waals surface area contributed by atoms with Gasteiger partial charge in [-0.1, -0.05) is 44.2 Å². The molecule has 1 aromatic carbocycles. The van der Waals surface area contributed by atoms with Crippen molar-refractivity contribution in [3.05, 3.63) is 35.9 Å². The van der Waals surface area contributed by atoms with E-state index in [2.05, 4.69) is 38.1 Å². The molecule has 0 saturated carbocycles. The zero-order valence-electron chi connectivity index (χ0n) is 7.82. The molecular formula is C9H17NO2. The molecule has 0 aromatic heterocycles. The minimum Gasteiger partial charge on any atom is -0.727 e. The minimum absolute atomic E-state index is 0. The monoisotopic (exact) mass is 171 g/mol. The Hall–Kier alpha value is -0.900. The Labute approximate surface area is 73.2 Å². The van der Waals surface area contributed by atoms with Crippen LogP contribution in [0.3, 0.4) is 0 Å². The summed E-state index contributed by atoms with van der Waals surface area (Å²) in [5.74, 6) is 0.659. The molecule has 3 nitrogen and oxygen atoms in total. The van der Waals surface area contributed by atoms with Gasteiger partial charge in [0.2, 0.25) is 0 Å². The zero-order valence-corrected chi connectivity index (χ0v) is 7.82. The molecule has 1 rings (SSSR count). The van der Waals surface area contributed by atoms with Crippen LogP contribution in [0.5, 0.6) is 0 Å². The summed E-state index contributed by atoms with van der Waals surface area (Å²) in [6.45, 7) is 4.41. The third kappa shape index (κ3) is 4.85. The highest BCUT2D eigenvalue weighted by Crippen LogP contribution is 2.11. The van der Waals surface area contributed by atoms with Crippen molar-refractivity contribution in [2.45, 2.75) is 19.8 Å². The Bertz CT molecular complexity index is 175. The first-order valence-electron chi connectivity index (χ1n) is 3.54. The maximum absolute atomic E-state index is 7.25. The molecule has 5 N–H and O–H groups in total. The molecule has 12 heavy (non-hydrogen) atoms. The van der Waals surface area contributed by atoms with Gasteiger partial charge in [0.25, 0.3) is 0 Å². The van der Waals surface area contributed by atoms with E-state index in [1.807, 2.05) is 6.07 Å². The fourth-order valence-corrected chi connectivity index (χ4v) is 0.838. The number of hydrogen-bond donors (Lipinski definition) is 2. The molecule has 1 aromatic rings. The largest absolute Gasteiger partial charge is 0.727 e. The van der Waals surface area contributed by atoms with E-state index >= 15 is 0 Å². The summed E-state index contributed by atoms with van der Waals surface area (Å²) < 4.78 is 0. The smallest absolute Gasteiger partial charge is 0.0219 e. The van der Waals surface area contributed by atoms with Crippen LogP contribution in [-0.2, 0) is 0 Å². The first kappa shape index (κ1) is 13.7. The zero-order chi connectivity index (χ0) is 8.69. The Morgan fingerprint density at radius 3 is 1.75 bits per heavy atom. The summed E-state index contributed by atoms with van der Waals surface area (Å²) >= 11 is 0. The molecule has 3 heteroatoms. The lowest BCUT2D eigenvalue weighted by atomic mass is 10.0. The molecule has 0 saturated heterocycles. The molecule has 0 bridgehead atoms. The highest BCUT2D eigenvalue weighted by molar-refractivity contribution is 5.17. The first-order valence-corrected chi connectivity index (χ1v) is 3.54. The third-order valence-corrected chi connectivity index (χ3v) is 1.47. The van der Waals surface area contributed by atoms with Crippen LogP contribution in [0.2, 0.25) is 0 Å². The van der Waals surface area contributed by atoms with E-state index < -0.39 is 0 Å². The van der Waals surface area contributed by atoms with Gasteiger partial charge in [0, 0.05) is 0 Å². The van der Waals surface area contributed by atoms with E-state index in [9.17, 15) is 0 Å². The van der Waals surface area contributed by atoms with Gasteiger partial charge in [0.15, 0.2) is 0 Å². The van der Waals surface area contributed by atoms with Gasteiger partial charge in [0.05, 0.1) is 0 Å². The summed E-state index contributed by atoms with van der Waals surface area (Å²) in [5.41, 5.74) is 1.41. The molecule has 0 heterocycles. The number of quaternary nitrogens is 1. The average Bonchev–Trinajstić information content (AvgIpc) is 2.10. The van der Waals surface area contributed by atoms with E-state index in [0.29, 0.717) is 5.92 Å². The number of benzene rings is 1. The van der Waals surface area contributed by atoms with Gasteiger partial charge >= 0.3 is 0 Å². The Balaban J connectivity index is 0. The van der Waals surface area contributed by atoms with Gasteiger partial charge in [-0.05, 0) is 11.5 Å². The molecule has 0 aliphatic carbocycles. The molecule has 0 atom stereocenters. The normalized spacial score (nSPS) is 8.08. The van der Waals surface area contributed by atoms with Crippen LogP contribution >= 0.6 is 0 Å². The molecule has 0 aliphatic rings. The van der Waals surface area contributed by atoms with Gasteiger partial charge < -0.3 is 16.7 Å². The molecule has 70 valence electrons. The molecule has 0 amide bonds. The lowest BCUT2D eigenvalue weighted by Gasteiger charge is -2.01. The minimum atomic E-state index is 0. The lowest BCUT2D eigenvalue weighted by molar-refractivity contribution is -0.670. The van der Waals surface area contributed by atoms with Crippen LogP contribution in [0, 0.1) is 0 Å². The van der Waals surface area contributed by atoms with E-state index in [1.54, 1.807) is 0 Å². The Morgan fingerprint density at radius 1 is 1.08 bits per heavy atom. The summed E-state index contributed by atoms with van der Waals surface area (Å²) in [6, 6.07) is 10.5. The second-order valence-corrected chi connectivity index (χ2v) is 2.57. The molecule has 0 unspecified atom stereocenters. The van der Waals surface area contributed by atoms with Gasteiger partial charge in [0.1, 0.15) is 0 Å². The van der Waals surface area contributed by atoms with Crippen LogP contribution in [-0.4, -0.2) is 5.26 Å². The van der Waals surface area contributed by atoms with E-state index in [0.717, 1.165) is 0 Å². The van der Waals surface area contributed by atoms with Crippen molar-refractivity contribution in [1.82, 2.24) is 6.15 Å². The average molecular weight is 171 g/mol. The summed E-state index contributed by atoms with van der Waals surface area (Å²) in [6.07, 6.45) is 0. The maximum Gasteiger partial charge on any atom is -0.0219 e. The standard InChI is InChI=1S/C9H12.H3N.H2O2/c1-8(2)9-6-4-3-5-7-9;;1-2/h3-8H,1-2H3;1H3;1-2H. The Kier molecular flexibility index (Phi) is 9.34. The Morgan fingerprint density at radius 2 is 1.50 bits per heavy atom. The van der Waals surface area contributed by atoms with E-state index in [-0.39, 0.29) is 6.15 Å². The van der Waals surface area contributed by atoms with Crippen molar-refractivity contribution in [1.29, 1.82) is 0 Å². The van der Waals surface area contributed by atoms with Gasteiger partial charge in [-0.15, -0.1) is 0 Å². The predicted molar refractivity (Wildman–Crippen MR) is 49.1 cm³/mol. The topological polar surface area (TPSA) is 79.8 Å². The van der Waals surface area contributed by atoms with Gasteiger partial charge in [-0.25, -0.2) is 0 Å². The highest BCUT2D eigenvalue weighted by Gasteiger charge is 1.93. The number of rotatable bonds is 1. The van der Waals surface area contributed by atoms with Crippen LogP contribution in [0.25, 0.3) is 0 Å². The van der Waals surface area contributed by atoms with Crippen molar-refractivity contribution in [2.24, 2.45) is 0 Å². The second-order valence-electron chi connectivity index (χ2n) is 2.57. The lowest BCUT2D eigenvalue weighted by Crippen LogP contribution is -1.84. The third-order valence-electron chi connectivity index (χ3n) is 1.47. The SMILES string of the molecule is CC(C)c1ccccc1.[NH4+].[O-]O. The van der Waals surface area contributed by atoms with Gasteiger partial charge in [-0.2, -0.15) is 0 Å². The van der Waals surface area contributed by atoms with E-state index in [4.69, 9.17) is 10.5 Å². The number of hydrogen-bond acceptors (Lipinski definition) is 2. The quantitative estimate of drug-likeness (QED) is 0.500. The van der Waals surface area contributed by atoms with Crippen LogP contribution in [0.4, 0.5) is 0 Å². The van der Waals surface area contributed by atoms with Crippen LogP contribution < -0.4 is 11.4 Å². The molecule has 0 radical (unpaired) electrons. The van der Waals surface area contributed by atoms with Crippen molar-refractivity contribution in [3.8, 4) is 0 Å². The van der Waals surface area contributed by atoms with Crippen molar-refractivity contribution >= 4 is 0 Å². The van der Waals surface area contributed by atoms with Crippen LogP contribution in [0.15, 0.2) is 30.3 Å². The molecule has 0 aliphatic heterocycles. The fraction of sp³-hybridized carbons (Fsp3) is 0.333. The first-order chi connectivity index (χ1) is 5.30. The maximum atomic E-state index is 7.25. The van der Waals surface area contributed by atoms with E-state index in [1.165, 1.54) is 5.56 Å². The van der Waals surface area contributed by atoms with Gasteiger partial charge in [-0.3, -0.25) is 0 Å². The predicted octanol–water partition coefficient (Wildman–Crippen LogP) is 2.01. The summed E-state index contributed by atoms with van der Waals surface area (Å²) in [7, 11) is 0. The van der Waals surface area contributed by atoms with Crippen molar-refractivity contribution < 1.29 is 10.5 Å². The van der Waals surface area contributed by atoms with Crippen molar-refractivity contribution in [3.63, 3.8) is 0 Å². The summed E-state index contributed by atoms with van der Waals surface area (Å²) in [5, 5.41) is 13.0. The summed E-state index contributed by atoms with van der Waals surface area (Å²) in [4.78, 5) is 0. The fourth-order valence-electron chi connectivity index (χ4n) is 0.838. The van der Waals surface area contributed by atoms with Crippen LogP contribution in [0.1, 0.15) is 25.3 Å². The van der Waals surface area contributed by atoms with Crippen molar-refractivity contribution in [2.75, 3.05) is 0 Å². The molecule has 0 fully saturated rings. The molecule has 0 spiro atoms. The second kappa shape index (κ2) is 8.20. The highest BCUT2D eigenvalue weighted by atomic mass is 17.0. The molecular weight excluding hydrogens is 154 g/mol.